The standard InChI is InChI=1S/C14H18F3NO/c1-2-13(7-4-8-13)18-10-11-5-3-6-12(9-11)19-14(15,16)17/h3,5-6,9,18H,2,4,7-8,10H2,1H3. The van der Waals surface area contributed by atoms with Crippen LogP contribution in [0.1, 0.15) is 38.2 Å². The predicted octanol–water partition coefficient (Wildman–Crippen LogP) is 4.01. The Morgan fingerprint density at radius 3 is 2.58 bits per heavy atom. The van der Waals surface area contributed by atoms with Gasteiger partial charge in [0.05, 0.1) is 0 Å². The van der Waals surface area contributed by atoms with Gasteiger partial charge in [-0.25, -0.2) is 0 Å². The molecule has 1 aromatic rings. The maximum absolute atomic E-state index is 12.1. The van der Waals surface area contributed by atoms with E-state index in [9.17, 15) is 13.2 Å². The van der Waals surface area contributed by atoms with E-state index < -0.39 is 6.36 Å². The van der Waals surface area contributed by atoms with Crippen molar-refractivity contribution >= 4 is 0 Å². The van der Waals surface area contributed by atoms with Crippen molar-refractivity contribution in [2.45, 2.75) is 51.1 Å². The van der Waals surface area contributed by atoms with Crippen LogP contribution in [0.15, 0.2) is 24.3 Å². The van der Waals surface area contributed by atoms with Crippen molar-refractivity contribution in [3.63, 3.8) is 0 Å². The van der Waals surface area contributed by atoms with Crippen molar-refractivity contribution in [3.05, 3.63) is 29.8 Å². The first-order chi connectivity index (χ1) is 8.92. The molecular formula is C14H18F3NO. The van der Waals surface area contributed by atoms with Crippen LogP contribution in [-0.2, 0) is 6.54 Å². The summed E-state index contributed by atoms with van der Waals surface area (Å²) in [6.45, 7) is 2.71. The van der Waals surface area contributed by atoms with Crippen LogP contribution in [0, 0.1) is 0 Å². The monoisotopic (exact) mass is 273 g/mol. The minimum Gasteiger partial charge on any atom is -0.406 e. The third kappa shape index (κ3) is 3.86. The van der Waals surface area contributed by atoms with Crippen molar-refractivity contribution < 1.29 is 17.9 Å². The van der Waals surface area contributed by atoms with Gasteiger partial charge in [-0.15, -0.1) is 13.2 Å². The Kier molecular flexibility index (Phi) is 4.04. The Labute approximate surface area is 111 Å². The highest BCUT2D eigenvalue weighted by Crippen LogP contribution is 2.35. The van der Waals surface area contributed by atoms with E-state index in [-0.39, 0.29) is 11.3 Å². The van der Waals surface area contributed by atoms with Gasteiger partial charge in [0.1, 0.15) is 5.75 Å². The fourth-order valence-electron chi connectivity index (χ4n) is 2.40. The summed E-state index contributed by atoms with van der Waals surface area (Å²) in [6, 6.07) is 6.13. The Balaban J connectivity index is 1.95. The molecule has 2 rings (SSSR count). The van der Waals surface area contributed by atoms with Crippen molar-refractivity contribution in [2.24, 2.45) is 0 Å². The molecule has 1 N–H and O–H groups in total. The van der Waals surface area contributed by atoms with E-state index in [0.29, 0.717) is 6.54 Å². The molecule has 0 spiro atoms. The zero-order chi connectivity index (χ0) is 13.9. The number of ether oxygens (including phenoxy) is 1. The van der Waals surface area contributed by atoms with Crippen molar-refractivity contribution in [1.82, 2.24) is 5.32 Å². The van der Waals surface area contributed by atoms with Gasteiger partial charge in [0, 0.05) is 12.1 Å². The number of alkyl halides is 3. The summed E-state index contributed by atoms with van der Waals surface area (Å²) >= 11 is 0. The van der Waals surface area contributed by atoms with Gasteiger partial charge in [0.15, 0.2) is 0 Å². The van der Waals surface area contributed by atoms with E-state index in [2.05, 4.69) is 17.0 Å². The minimum atomic E-state index is -4.63. The molecule has 1 fully saturated rings. The van der Waals surface area contributed by atoms with Crippen molar-refractivity contribution in [1.29, 1.82) is 0 Å². The number of hydrogen-bond acceptors (Lipinski definition) is 2. The van der Waals surface area contributed by atoms with E-state index in [1.165, 1.54) is 18.6 Å². The first kappa shape index (κ1) is 14.2. The summed E-state index contributed by atoms with van der Waals surface area (Å²) in [6.07, 6.45) is -0.0844. The van der Waals surface area contributed by atoms with Crippen LogP contribution < -0.4 is 10.1 Å². The van der Waals surface area contributed by atoms with Crippen LogP contribution in [-0.4, -0.2) is 11.9 Å². The second-order valence-electron chi connectivity index (χ2n) is 5.04. The van der Waals surface area contributed by atoms with Gasteiger partial charge in [-0.05, 0) is 43.4 Å². The minimum absolute atomic E-state index is 0.161. The SMILES string of the molecule is CCC1(NCc2cccc(OC(F)(F)F)c2)CCC1. The number of rotatable bonds is 5. The first-order valence-corrected chi connectivity index (χ1v) is 6.52. The summed E-state index contributed by atoms with van der Waals surface area (Å²) in [5.41, 5.74) is 0.988. The van der Waals surface area contributed by atoms with E-state index in [1.807, 2.05) is 0 Å². The lowest BCUT2D eigenvalue weighted by Crippen LogP contribution is -2.49. The molecule has 0 saturated heterocycles. The zero-order valence-electron chi connectivity index (χ0n) is 10.9. The van der Waals surface area contributed by atoms with Gasteiger partial charge in [-0.3, -0.25) is 0 Å². The molecule has 0 aromatic heterocycles. The predicted molar refractivity (Wildman–Crippen MR) is 66.8 cm³/mol. The molecule has 0 bridgehead atoms. The highest BCUT2D eigenvalue weighted by Gasteiger charge is 2.34. The topological polar surface area (TPSA) is 21.3 Å². The van der Waals surface area contributed by atoms with E-state index >= 15 is 0 Å². The quantitative estimate of drug-likeness (QED) is 0.875. The van der Waals surface area contributed by atoms with Gasteiger partial charge < -0.3 is 10.1 Å². The largest absolute Gasteiger partial charge is 0.573 e. The van der Waals surface area contributed by atoms with Crippen LogP contribution in [0.2, 0.25) is 0 Å². The molecule has 1 aliphatic carbocycles. The molecule has 106 valence electrons. The molecule has 1 aliphatic rings. The second kappa shape index (κ2) is 5.41. The van der Waals surface area contributed by atoms with Crippen LogP contribution in [0.4, 0.5) is 13.2 Å². The Bertz CT molecular complexity index is 421. The molecular weight excluding hydrogens is 255 g/mol. The number of benzene rings is 1. The first-order valence-electron chi connectivity index (χ1n) is 6.52. The molecule has 19 heavy (non-hydrogen) atoms. The van der Waals surface area contributed by atoms with Crippen LogP contribution in [0.5, 0.6) is 5.75 Å². The fraction of sp³-hybridized carbons (Fsp3) is 0.571. The summed E-state index contributed by atoms with van der Waals surface area (Å²) in [5.74, 6) is -0.161. The Morgan fingerprint density at radius 2 is 2.05 bits per heavy atom. The maximum Gasteiger partial charge on any atom is 0.573 e. The van der Waals surface area contributed by atoms with E-state index in [0.717, 1.165) is 24.8 Å². The highest BCUT2D eigenvalue weighted by molar-refractivity contribution is 5.28. The number of hydrogen-bond donors (Lipinski definition) is 1. The van der Waals surface area contributed by atoms with Crippen LogP contribution in [0.25, 0.3) is 0 Å². The summed E-state index contributed by atoms with van der Waals surface area (Å²) < 4.78 is 40.3. The van der Waals surface area contributed by atoms with Crippen molar-refractivity contribution in [2.75, 3.05) is 0 Å². The van der Waals surface area contributed by atoms with Gasteiger partial charge in [-0.1, -0.05) is 19.1 Å². The lowest BCUT2D eigenvalue weighted by Gasteiger charge is -2.42. The molecule has 0 amide bonds. The average molecular weight is 273 g/mol. The van der Waals surface area contributed by atoms with E-state index in [4.69, 9.17) is 0 Å². The van der Waals surface area contributed by atoms with Gasteiger partial charge in [0.2, 0.25) is 0 Å². The van der Waals surface area contributed by atoms with Crippen LogP contribution >= 0.6 is 0 Å². The normalized spacial score (nSPS) is 17.9. The van der Waals surface area contributed by atoms with Gasteiger partial charge in [-0.2, -0.15) is 0 Å². The van der Waals surface area contributed by atoms with Gasteiger partial charge >= 0.3 is 6.36 Å². The smallest absolute Gasteiger partial charge is 0.406 e. The molecule has 0 radical (unpaired) electrons. The lowest BCUT2D eigenvalue weighted by molar-refractivity contribution is -0.274. The van der Waals surface area contributed by atoms with Crippen LogP contribution in [0.3, 0.4) is 0 Å². The molecule has 0 aliphatic heterocycles. The maximum atomic E-state index is 12.1. The van der Waals surface area contributed by atoms with E-state index in [1.54, 1.807) is 12.1 Å². The third-order valence-electron chi connectivity index (χ3n) is 3.79. The van der Waals surface area contributed by atoms with Crippen molar-refractivity contribution in [3.8, 4) is 5.75 Å². The molecule has 2 nitrogen and oxygen atoms in total. The third-order valence-corrected chi connectivity index (χ3v) is 3.79. The van der Waals surface area contributed by atoms with Gasteiger partial charge in [0.25, 0.3) is 0 Å². The summed E-state index contributed by atoms with van der Waals surface area (Å²) in [5, 5.41) is 3.45. The highest BCUT2D eigenvalue weighted by atomic mass is 19.4. The average Bonchev–Trinajstić information content (AvgIpc) is 2.26. The molecule has 0 atom stereocenters. The summed E-state index contributed by atoms with van der Waals surface area (Å²) in [4.78, 5) is 0. The molecule has 1 saturated carbocycles. The number of nitrogens with one attached hydrogen (secondary N) is 1. The summed E-state index contributed by atoms with van der Waals surface area (Å²) in [7, 11) is 0. The molecule has 0 unspecified atom stereocenters. The fourth-order valence-corrected chi connectivity index (χ4v) is 2.40. The second-order valence-corrected chi connectivity index (χ2v) is 5.04. The molecule has 0 heterocycles. The molecule has 1 aromatic carbocycles. The molecule has 5 heteroatoms. The zero-order valence-corrected chi connectivity index (χ0v) is 10.9. The number of halogens is 3. The Morgan fingerprint density at radius 1 is 1.32 bits per heavy atom. The lowest BCUT2D eigenvalue weighted by atomic mass is 9.75. The Hall–Kier alpha value is -1.23.